The zero-order chi connectivity index (χ0) is 21.8. The third-order valence-corrected chi connectivity index (χ3v) is 4.56. The average molecular weight is 426 g/mol. The molecule has 5 nitrogen and oxygen atoms in total. The molecule has 3 aromatic rings. The van der Waals surface area contributed by atoms with Gasteiger partial charge in [0.15, 0.2) is 0 Å². The second-order valence-corrected chi connectivity index (χ2v) is 7.11. The SMILES string of the molecule is Clc1ccc(CN(CCc2ccccc2)Cc2ccccc2)cc1.O=C(O)C(=O)O. The first-order valence-electron chi connectivity index (χ1n) is 9.45. The molecular formula is C24H24ClNO4. The van der Waals surface area contributed by atoms with Crippen LogP contribution in [0.15, 0.2) is 84.9 Å². The molecule has 156 valence electrons. The van der Waals surface area contributed by atoms with Crippen LogP contribution < -0.4 is 0 Å². The van der Waals surface area contributed by atoms with Gasteiger partial charge in [-0.25, -0.2) is 9.59 Å². The summed E-state index contributed by atoms with van der Waals surface area (Å²) in [7, 11) is 0. The molecule has 3 rings (SSSR count). The Bertz CT molecular complexity index is 903. The molecule has 0 fully saturated rings. The van der Waals surface area contributed by atoms with Crippen molar-refractivity contribution in [2.24, 2.45) is 0 Å². The third kappa shape index (κ3) is 8.90. The quantitative estimate of drug-likeness (QED) is 0.534. The summed E-state index contributed by atoms with van der Waals surface area (Å²) >= 11 is 6.01. The molecule has 0 saturated carbocycles. The summed E-state index contributed by atoms with van der Waals surface area (Å²) in [6.07, 6.45) is 1.06. The van der Waals surface area contributed by atoms with Crippen LogP contribution in [-0.4, -0.2) is 33.6 Å². The summed E-state index contributed by atoms with van der Waals surface area (Å²) < 4.78 is 0. The van der Waals surface area contributed by atoms with Crippen LogP contribution in [0.4, 0.5) is 0 Å². The van der Waals surface area contributed by atoms with E-state index in [9.17, 15) is 0 Å². The summed E-state index contributed by atoms with van der Waals surface area (Å²) in [5.41, 5.74) is 4.02. The molecule has 2 N–H and O–H groups in total. The fraction of sp³-hybridized carbons (Fsp3) is 0.167. The summed E-state index contributed by atoms with van der Waals surface area (Å²) in [5.74, 6) is -3.65. The average Bonchev–Trinajstić information content (AvgIpc) is 2.75. The number of carboxylic acids is 2. The number of benzene rings is 3. The van der Waals surface area contributed by atoms with Crippen molar-refractivity contribution in [2.75, 3.05) is 6.54 Å². The number of rotatable bonds is 7. The first-order chi connectivity index (χ1) is 14.4. The van der Waals surface area contributed by atoms with Crippen molar-refractivity contribution in [3.05, 3.63) is 107 Å². The fourth-order valence-electron chi connectivity index (χ4n) is 2.84. The minimum atomic E-state index is -1.82. The summed E-state index contributed by atoms with van der Waals surface area (Å²) in [6.45, 7) is 2.91. The second kappa shape index (κ2) is 12.4. The number of nitrogens with zero attached hydrogens (tertiary/aromatic N) is 1. The van der Waals surface area contributed by atoms with E-state index in [2.05, 4.69) is 77.7 Å². The number of aliphatic carboxylic acids is 2. The molecule has 0 heterocycles. The van der Waals surface area contributed by atoms with E-state index in [1.165, 1.54) is 16.7 Å². The van der Waals surface area contributed by atoms with Crippen molar-refractivity contribution in [2.45, 2.75) is 19.5 Å². The predicted molar refractivity (Wildman–Crippen MR) is 117 cm³/mol. The van der Waals surface area contributed by atoms with E-state index in [-0.39, 0.29) is 0 Å². The van der Waals surface area contributed by atoms with Gasteiger partial charge in [0.2, 0.25) is 0 Å². The number of carboxylic acid groups (broad SMARTS) is 2. The molecular weight excluding hydrogens is 402 g/mol. The van der Waals surface area contributed by atoms with Gasteiger partial charge in [-0.3, -0.25) is 4.90 Å². The van der Waals surface area contributed by atoms with Gasteiger partial charge in [0, 0.05) is 24.7 Å². The highest BCUT2D eigenvalue weighted by Gasteiger charge is 2.08. The lowest BCUT2D eigenvalue weighted by molar-refractivity contribution is -0.159. The van der Waals surface area contributed by atoms with E-state index in [0.29, 0.717) is 0 Å². The van der Waals surface area contributed by atoms with Gasteiger partial charge >= 0.3 is 11.9 Å². The fourth-order valence-corrected chi connectivity index (χ4v) is 2.96. The molecule has 0 aromatic heterocycles. The molecule has 0 bridgehead atoms. The Kier molecular flexibility index (Phi) is 9.58. The second-order valence-electron chi connectivity index (χ2n) is 6.67. The predicted octanol–water partition coefficient (Wildman–Crippen LogP) is 4.74. The maximum atomic E-state index is 9.10. The Hall–Kier alpha value is -3.15. The van der Waals surface area contributed by atoms with Crippen LogP contribution in [0.2, 0.25) is 5.02 Å². The topological polar surface area (TPSA) is 77.8 Å². The molecule has 0 radical (unpaired) electrons. The molecule has 0 aliphatic rings. The van der Waals surface area contributed by atoms with Crippen molar-refractivity contribution in [1.82, 2.24) is 4.90 Å². The van der Waals surface area contributed by atoms with Crippen LogP contribution in [0.5, 0.6) is 0 Å². The molecule has 0 saturated heterocycles. The molecule has 0 aliphatic carbocycles. The minimum Gasteiger partial charge on any atom is -0.473 e. The van der Waals surface area contributed by atoms with Crippen LogP contribution in [0, 0.1) is 0 Å². The lowest BCUT2D eigenvalue weighted by atomic mass is 10.1. The third-order valence-electron chi connectivity index (χ3n) is 4.31. The molecule has 0 unspecified atom stereocenters. The number of carbonyl (C=O) groups is 2. The van der Waals surface area contributed by atoms with Gasteiger partial charge in [-0.05, 0) is 35.2 Å². The monoisotopic (exact) mass is 425 g/mol. The largest absolute Gasteiger partial charge is 0.473 e. The van der Waals surface area contributed by atoms with Gasteiger partial charge in [-0.15, -0.1) is 0 Å². The summed E-state index contributed by atoms with van der Waals surface area (Å²) in [4.78, 5) is 20.7. The Morgan fingerprint density at radius 1 is 0.667 bits per heavy atom. The van der Waals surface area contributed by atoms with E-state index >= 15 is 0 Å². The number of halogens is 1. The normalized spacial score (nSPS) is 10.2. The van der Waals surface area contributed by atoms with Crippen molar-refractivity contribution in [3.63, 3.8) is 0 Å². The Morgan fingerprint density at radius 2 is 1.10 bits per heavy atom. The Morgan fingerprint density at radius 3 is 1.57 bits per heavy atom. The maximum absolute atomic E-state index is 9.10. The number of hydrogen-bond donors (Lipinski definition) is 2. The van der Waals surface area contributed by atoms with E-state index in [0.717, 1.165) is 31.1 Å². The molecule has 6 heteroatoms. The lowest BCUT2D eigenvalue weighted by Crippen LogP contribution is -2.25. The van der Waals surface area contributed by atoms with Crippen molar-refractivity contribution >= 4 is 23.5 Å². The van der Waals surface area contributed by atoms with Crippen molar-refractivity contribution in [1.29, 1.82) is 0 Å². The van der Waals surface area contributed by atoms with Crippen molar-refractivity contribution in [3.8, 4) is 0 Å². The van der Waals surface area contributed by atoms with E-state index < -0.39 is 11.9 Å². The highest BCUT2D eigenvalue weighted by atomic mass is 35.5. The Balaban J connectivity index is 0.000000469. The van der Waals surface area contributed by atoms with Gasteiger partial charge in [0.05, 0.1) is 0 Å². The van der Waals surface area contributed by atoms with E-state index in [1.54, 1.807) is 0 Å². The van der Waals surface area contributed by atoms with Crippen LogP contribution in [-0.2, 0) is 29.1 Å². The van der Waals surface area contributed by atoms with Gasteiger partial charge in [-0.1, -0.05) is 84.4 Å². The highest BCUT2D eigenvalue weighted by Crippen LogP contribution is 2.14. The maximum Gasteiger partial charge on any atom is 0.414 e. The summed E-state index contributed by atoms with van der Waals surface area (Å²) in [5, 5.41) is 15.6. The zero-order valence-corrected chi connectivity index (χ0v) is 17.2. The molecule has 0 spiro atoms. The highest BCUT2D eigenvalue weighted by molar-refractivity contribution is 6.30. The number of hydrogen-bond acceptors (Lipinski definition) is 3. The smallest absolute Gasteiger partial charge is 0.414 e. The van der Waals surface area contributed by atoms with E-state index in [4.69, 9.17) is 31.4 Å². The molecule has 0 atom stereocenters. The first kappa shape index (κ1) is 23.1. The van der Waals surface area contributed by atoms with Gasteiger partial charge in [0.1, 0.15) is 0 Å². The standard InChI is InChI=1S/C22H22ClN.C2H2O4/c23-22-13-11-21(12-14-22)18-24(17-20-9-5-2-6-10-20)16-15-19-7-3-1-4-8-19;3-1(4)2(5)6/h1-14H,15-18H2;(H,3,4)(H,5,6). The molecule has 3 aromatic carbocycles. The molecule has 30 heavy (non-hydrogen) atoms. The summed E-state index contributed by atoms with van der Waals surface area (Å²) in [6, 6.07) is 29.5. The molecule has 0 aliphatic heterocycles. The van der Waals surface area contributed by atoms with Crippen LogP contribution in [0.3, 0.4) is 0 Å². The zero-order valence-electron chi connectivity index (χ0n) is 16.4. The van der Waals surface area contributed by atoms with E-state index in [1.807, 2.05) is 12.1 Å². The molecule has 0 amide bonds. The minimum absolute atomic E-state index is 0.789. The first-order valence-corrected chi connectivity index (χ1v) is 9.82. The van der Waals surface area contributed by atoms with Crippen LogP contribution >= 0.6 is 11.6 Å². The van der Waals surface area contributed by atoms with Gasteiger partial charge in [-0.2, -0.15) is 0 Å². The Labute approximate surface area is 181 Å². The lowest BCUT2D eigenvalue weighted by Gasteiger charge is -2.23. The van der Waals surface area contributed by atoms with Crippen LogP contribution in [0.25, 0.3) is 0 Å². The van der Waals surface area contributed by atoms with Crippen molar-refractivity contribution < 1.29 is 19.8 Å². The van der Waals surface area contributed by atoms with Crippen LogP contribution in [0.1, 0.15) is 16.7 Å². The van der Waals surface area contributed by atoms with Gasteiger partial charge in [0.25, 0.3) is 0 Å². The van der Waals surface area contributed by atoms with Gasteiger partial charge < -0.3 is 10.2 Å².